The van der Waals surface area contributed by atoms with Crippen molar-refractivity contribution in [3.8, 4) is 0 Å². The van der Waals surface area contributed by atoms with Crippen LogP contribution in [0, 0.1) is 12.8 Å². The molecule has 0 aliphatic rings. The molecular weight excluding hydrogens is 284 g/mol. The molecule has 5 heteroatoms. The second-order valence-corrected chi connectivity index (χ2v) is 6.19. The van der Waals surface area contributed by atoms with Gasteiger partial charge in [-0.25, -0.2) is 0 Å². The highest BCUT2D eigenvalue weighted by atomic mass is 35.5. The zero-order valence-corrected chi connectivity index (χ0v) is 14.1. The minimum atomic E-state index is 0.659. The smallest absolute Gasteiger partial charge is 0.0865 e. The number of hydrogen-bond acceptors (Lipinski definition) is 2. The van der Waals surface area contributed by atoms with Gasteiger partial charge in [-0.15, -0.1) is 0 Å². The van der Waals surface area contributed by atoms with Gasteiger partial charge < -0.3 is 9.88 Å². The van der Waals surface area contributed by atoms with Crippen LogP contribution in [-0.4, -0.2) is 20.9 Å². The fraction of sp³-hybridized carbons (Fsp3) is 0.562. The van der Waals surface area contributed by atoms with Crippen LogP contribution < -0.4 is 5.32 Å². The van der Waals surface area contributed by atoms with E-state index in [4.69, 9.17) is 11.6 Å². The van der Waals surface area contributed by atoms with Crippen molar-refractivity contribution in [3.63, 3.8) is 0 Å². The van der Waals surface area contributed by atoms with E-state index in [0.717, 1.165) is 42.6 Å². The first-order valence-corrected chi connectivity index (χ1v) is 7.97. The van der Waals surface area contributed by atoms with E-state index < -0.39 is 0 Å². The first-order valence-electron chi connectivity index (χ1n) is 7.59. The van der Waals surface area contributed by atoms with E-state index in [1.807, 2.05) is 11.6 Å². The number of rotatable bonds is 7. The lowest BCUT2D eigenvalue weighted by molar-refractivity contribution is 0.533. The molecule has 2 aromatic heterocycles. The molecule has 0 saturated carbocycles. The minimum Gasteiger partial charge on any atom is -0.344 e. The molecule has 0 spiro atoms. The average molecular weight is 309 g/mol. The molecule has 0 aliphatic carbocycles. The summed E-state index contributed by atoms with van der Waals surface area (Å²) in [5.74, 6) is 0.659. The van der Waals surface area contributed by atoms with Gasteiger partial charge in [0.25, 0.3) is 0 Å². The highest BCUT2D eigenvalue weighted by Crippen LogP contribution is 2.22. The molecule has 2 heterocycles. The summed E-state index contributed by atoms with van der Waals surface area (Å²) in [7, 11) is 0. The van der Waals surface area contributed by atoms with E-state index in [9.17, 15) is 0 Å². The van der Waals surface area contributed by atoms with Crippen molar-refractivity contribution >= 4 is 11.6 Å². The molecule has 21 heavy (non-hydrogen) atoms. The molecule has 0 aromatic carbocycles. The summed E-state index contributed by atoms with van der Waals surface area (Å²) >= 11 is 6.40. The minimum absolute atomic E-state index is 0.659. The summed E-state index contributed by atoms with van der Waals surface area (Å²) in [5.41, 5.74) is 3.26. The molecule has 2 aromatic rings. The summed E-state index contributed by atoms with van der Waals surface area (Å²) in [6.45, 7) is 12.0. The standard InChI is InChI=1S/C16H25ClN4/c1-5-21-15(16(17)13(4)19-21)11-20-8-6-7-14(20)10-18-9-12(2)3/h6-8,12,18H,5,9-11H2,1-4H3. The molecule has 0 amide bonds. The summed E-state index contributed by atoms with van der Waals surface area (Å²) in [4.78, 5) is 0. The lowest BCUT2D eigenvalue weighted by atomic mass is 10.2. The largest absolute Gasteiger partial charge is 0.344 e. The van der Waals surface area contributed by atoms with Crippen molar-refractivity contribution in [2.45, 2.75) is 47.3 Å². The second kappa shape index (κ2) is 7.14. The van der Waals surface area contributed by atoms with Gasteiger partial charge in [-0.3, -0.25) is 4.68 Å². The molecule has 0 bridgehead atoms. The first kappa shape index (κ1) is 16.1. The summed E-state index contributed by atoms with van der Waals surface area (Å²) in [6.07, 6.45) is 2.10. The molecule has 4 nitrogen and oxygen atoms in total. The molecule has 0 saturated heterocycles. The Morgan fingerprint density at radius 3 is 2.81 bits per heavy atom. The zero-order chi connectivity index (χ0) is 15.4. The van der Waals surface area contributed by atoms with Gasteiger partial charge in [0, 0.05) is 25.0 Å². The summed E-state index contributed by atoms with van der Waals surface area (Å²) in [5, 5.41) is 8.75. The summed E-state index contributed by atoms with van der Waals surface area (Å²) < 4.78 is 4.23. The van der Waals surface area contributed by atoms with Crippen molar-refractivity contribution in [2.75, 3.05) is 6.54 Å². The van der Waals surface area contributed by atoms with E-state index in [1.165, 1.54) is 5.69 Å². The highest BCUT2D eigenvalue weighted by Gasteiger charge is 2.13. The normalized spacial score (nSPS) is 11.5. The Hall–Kier alpha value is -1.26. The average Bonchev–Trinajstić information content (AvgIpc) is 2.98. The van der Waals surface area contributed by atoms with Crippen molar-refractivity contribution in [1.29, 1.82) is 0 Å². The van der Waals surface area contributed by atoms with Crippen molar-refractivity contribution in [1.82, 2.24) is 19.7 Å². The molecule has 0 aliphatic heterocycles. The Morgan fingerprint density at radius 2 is 2.14 bits per heavy atom. The van der Waals surface area contributed by atoms with E-state index >= 15 is 0 Å². The van der Waals surface area contributed by atoms with Gasteiger partial charge in [0.05, 0.1) is 23.0 Å². The third-order valence-corrected chi connectivity index (χ3v) is 4.05. The summed E-state index contributed by atoms with van der Waals surface area (Å²) in [6, 6.07) is 4.24. The zero-order valence-electron chi connectivity index (χ0n) is 13.4. The van der Waals surface area contributed by atoms with Crippen LogP contribution in [0.5, 0.6) is 0 Å². The van der Waals surface area contributed by atoms with E-state index in [2.05, 4.69) is 54.1 Å². The van der Waals surface area contributed by atoms with Gasteiger partial charge in [0.2, 0.25) is 0 Å². The van der Waals surface area contributed by atoms with Gasteiger partial charge in [-0.05, 0) is 38.4 Å². The lowest BCUT2D eigenvalue weighted by Gasteiger charge is -2.12. The van der Waals surface area contributed by atoms with Crippen LogP contribution in [0.25, 0.3) is 0 Å². The Bertz CT molecular complexity index is 583. The maximum absolute atomic E-state index is 6.40. The van der Waals surface area contributed by atoms with Crippen LogP contribution in [0.3, 0.4) is 0 Å². The quantitative estimate of drug-likeness (QED) is 0.850. The predicted molar refractivity (Wildman–Crippen MR) is 87.7 cm³/mol. The SMILES string of the molecule is CCn1nc(C)c(Cl)c1Cn1cccc1CNCC(C)C. The number of aromatic nitrogens is 3. The topological polar surface area (TPSA) is 34.8 Å². The van der Waals surface area contributed by atoms with Crippen LogP contribution in [0.2, 0.25) is 5.02 Å². The third-order valence-electron chi connectivity index (χ3n) is 3.56. The Labute approximate surface area is 132 Å². The number of nitrogens with zero attached hydrogens (tertiary/aromatic N) is 3. The van der Waals surface area contributed by atoms with Crippen LogP contribution in [0.1, 0.15) is 37.9 Å². The van der Waals surface area contributed by atoms with E-state index in [0.29, 0.717) is 5.92 Å². The fourth-order valence-corrected chi connectivity index (χ4v) is 2.63. The number of aryl methyl sites for hydroxylation is 2. The third kappa shape index (κ3) is 3.89. The van der Waals surface area contributed by atoms with Crippen LogP contribution in [-0.2, 0) is 19.6 Å². The van der Waals surface area contributed by atoms with Gasteiger partial charge in [0.15, 0.2) is 0 Å². The van der Waals surface area contributed by atoms with Crippen LogP contribution >= 0.6 is 11.6 Å². The second-order valence-electron chi connectivity index (χ2n) is 5.81. The van der Waals surface area contributed by atoms with Crippen molar-refractivity contribution in [3.05, 3.63) is 40.4 Å². The number of hydrogen-bond donors (Lipinski definition) is 1. The number of nitrogens with one attached hydrogen (secondary N) is 1. The first-order chi connectivity index (χ1) is 10.0. The Morgan fingerprint density at radius 1 is 1.38 bits per heavy atom. The van der Waals surface area contributed by atoms with Gasteiger partial charge >= 0.3 is 0 Å². The van der Waals surface area contributed by atoms with E-state index in [-0.39, 0.29) is 0 Å². The highest BCUT2D eigenvalue weighted by molar-refractivity contribution is 6.31. The molecule has 0 atom stereocenters. The van der Waals surface area contributed by atoms with Crippen LogP contribution in [0.15, 0.2) is 18.3 Å². The lowest BCUT2D eigenvalue weighted by Crippen LogP contribution is -2.21. The van der Waals surface area contributed by atoms with Crippen molar-refractivity contribution < 1.29 is 0 Å². The monoisotopic (exact) mass is 308 g/mol. The molecule has 1 N–H and O–H groups in total. The molecule has 2 rings (SSSR count). The van der Waals surface area contributed by atoms with Crippen molar-refractivity contribution in [2.24, 2.45) is 5.92 Å². The van der Waals surface area contributed by atoms with E-state index in [1.54, 1.807) is 0 Å². The Balaban J connectivity index is 2.12. The predicted octanol–water partition coefficient (Wildman–Crippen LogP) is 3.46. The molecule has 0 unspecified atom stereocenters. The molecule has 116 valence electrons. The van der Waals surface area contributed by atoms with Crippen LogP contribution in [0.4, 0.5) is 0 Å². The maximum atomic E-state index is 6.40. The maximum Gasteiger partial charge on any atom is 0.0865 e. The Kier molecular flexibility index (Phi) is 5.48. The molecule has 0 fully saturated rings. The fourth-order valence-electron chi connectivity index (χ4n) is 2.43. The molecule has 0 radical (unpaired) electrons. The van der Waals surface area contributed by atoms with Gasteiger partial charge in [-0.1, -0.05) is 25.4 Å². The van der Waals surface area contributed by atoms with Gasteiger partial charge in [0.1, 0.15) is 0 Å². The number of halogens is 1. The van der Waals surface area contributed by atoms with Gasteiger partial charge in [-0.2, -0.15) is 5.10 Å². The molecular formula is C16H25ClN4.